The molecule has 0 fully saturated rings. The van der Waals surface area contributed by atoms with E-state index < -0.39 is 5.97 Å². The van der Waals surface area contributed by atoms with Gasteiger partial charge in [0, 0.05) is 35.8 Å². The summed E-state index contributed by atoms with van der Waals surface area (Å²) in [6, 6.07) is 9.27. The smallest absolute Gasteiger partial charge is 0.308 e. The minimum Gasteiger partial charge on any atom is -0.502 e. The van der Waals surface area contributed by atoms with Gasteiger partial charge >= 0.3 is 5.97 Å². The normalized spacial score (nSPS) is 10.7. The number of aromatic hydroxyl groups is 1. The number of amides is 1. The number of hydrogen-bond acceptors (Lipinski definition) is 6. The molecule has 0 aliphatic rings. The highest BCUT2D eigenvalue weighted by Crippen LogP contribution is 2.46. The molecular formula is C19H17BrN2O5. The van der Waals surface area contributed by atoms with Crippen LogP contribution in [0.15, 0.2) is 40.9 Å². The van der Waals surface area contributed by atoms with Gasteiger partial charge in [-0.3, -0.25) is 19.9 Å². The van der Waals surface area contributed by atoms with Crippen LogP contribution in [0.2, 0.25) is 0 Å². The van der Waals surface area contributed by atoms with E-state index >= 15 is 0 Å². The fourth-order valence-electron chi connectivity index (χ4n) is 2.54. The van der Waals surface area contributed by atoms with Crippen molar-refractivity contribution in [2.45, 2.75) is 19.8 Å². The van der Waals surface area contributed by atoms with Crippen LogP contribution in [-0.4, -0.2) is 27.3 Å². The molecule has 0 aliphatic heterocycles. The summed E-state index contributed by atoms with van der Waals surface area (Å²) in [5, 5.41) is 14.6. The SMILES string of the molecule is CC(=O)Oc1c(NC(=O)CCCBr)oc(-c2cnc3ccccc3c2)c1O. The minimum absolute atomic E-state index is 0.0558. The molecule has 0 unspecified atom stereocenters. The first-order valence-electron chi connectivity index (χ1n) is 8.24. The fourth-order valence-corrected chi connectivity index (χ4v) is 2.82. The molecule has 3 rings (SSSR count). The third-order valence-corrected chi connectivity index (χ3v) is 4.29. The largest absolute Gasteiger partial charge is 0.502 e. The first-order chi connectivity index (χ1) is 13.0. The number of hydrogen-bond donors (Lipinski definition) is 2. The number of nitrogens with zero attached hydrogens (tertiary/aromatic N) is 1. The summed E-state index contributed by atoms with van der Waals surface area (Å²) >= 11 is 3.26. The van der Waals surface area contributed by atoms with Gasteiger partial charge in [-0.1, -0.05) is 34.1 Å². The van der Waals surface area contributed by atoms with E-state index in [-0.39, 0.29) is 35.5 Å². The lowest BCUT2D eigenvalue weighted by atomic mass is 10.1. The van der Waals surface area contributed by atoms with Crippen molar-refractivity contribution in [2.75, 3.05) is 10.6 Å². The maximum absolute atomic E-state index is 12.0. The number of anilines is 1. The lowest BCUT2D eigenvalue weighted by Crippen LogP contribution is -2.12. The topological polar surface area (TPSA) is 102 Å². The van der Waals surface area contributed by atoms with Crippen molar-refractivity contribution in [2.24, 2.45) is 0 Å². The number of pyridine rings is 1. The Labute approximate surface area is 163 Å². The number of alkyl halides is 1. The highest BCUT2D eigenvalue weighted by atomic mass is 79.9. The average Bonchev–Trinajstić information content (AvgIpc) is 2.95. The van der Waals surface area contributed by atoms with Crippen molar-refractivity contribution in [1.82, 2.24) is 4.98 Å². The van der Waals surface area contributed by atoms with Crippen molar-refractivity contribution in [3.05, 3.63) is 36.5 Å². The summed E-state index contributed by atoms with van der Waals surface area (Å²) < 4.78 is 10.7. The molecule has 2 N–H and O–H groups in total. The quantitative estimate of drug-likeness (QED) is 0.446. The summed E-state index contributed by atoms with van der Waals surface area (Å²) in [4.78, 5) is 27.7. The highest BCUT2D eigenvalue weighted by molar-refractivity contribution is 9.09. The Bertz CT molecular complexity index is 999. The second-order valence-electron chi connectivity index (χ2n) is 5.79. The van der Waals surface area contributed by atoms with Crippen LogP contribution in [0.3, 0.4) is 0 Å². The first kappa shape index (κ1) is 18.9. The Morgan fingerprint density at radius 3 is 2.85 bits per heavy atom. The number of ether oxygens (including phenoxy) is 1. The van der Waals surface area contributed by atoms with Gasteiger partial charge in [-0.15, -0.1) is 0 Å². The second kappa shape index (κ2) is 8.22. The van der Waals surface area contributed by atoms with Crippen LogP contribution in [-0.2, 0) is 9.59 Å². The number of fused-ring (bicyclic) bond motifs is 1. The lowest BCUT2D eigenvalue weighted by Gasteiger charge is -2.04. The van der Waals surface area contributed by atoms with E-state index in [9.17, 15) is 14.7 Å². The van der Waals surface area contributed by atoms with Crippen LogP contribution in [0.25, 0.3) is 22.2 Å². The number of carbonyl (C=O) groups is 2. The Hall–Kier alpha value is -2.87. The van der Waals surface area contributed by atoms with Crippen LogP contribution in [0.1, 0.15) is 19.8 Å². The summed E-state index contributed by atoms with van der Waals surface area (Å²) in [5.74, 6) is -1.63. The first-order valence-corrected chi connectivity index (χ1v) is 9.37. The Morgan fingerprint density at radius 1 is 1.33 bits per heavy atom. The number of halogens is 1. The number of esters is 1. The molecule has 0 radical (unpaired) electrons. The molecule has 2 heterocycles. The van der Waals surface area contributed by atoms with Crippen LogP contribution >= 0.6 is 15.9 Å². The number of nitrogens with one attached hydrogen (secondary N) is 1. The van der Waals surface area contributed by atoms with Gasteiger partial charge in [-0.2, -0.15) is 0 Å². The molecule has 0 atom stereocenters. The van der Waals surface area contributed by atoms with Crippen LogP contribution in [0.4, 0.5) is 5.88 Å². The molecule has 1 amide bonds. The van der Waals surface area contributed by atoms with Crippen LogP contribution < -0.4 is 10.1 Å². The lowest BCUT2D eigenvalue weighted by molar-refractivity contribution is -0.132. The molecule has 27 heavy (non-hydrogen) atoms. The highest BCUT2D eigenvalue weighted by Gasteiger charge is 2.25. The monoisotopic (exact) mass is 432 g/mol. The van der Waals surface area contributed by atoms with Gasteiger partial charge in [0.1, 0.15) is 0 Å². The predicted molar refractivity (Wildman–Crippen MR) is 104 cm³/mol. The molecule has 3 aromatic rings. The van der Waals surface area contributed by atoms with Gasteiger partial charge in [-0.25, -0.2) is 0 Å². The van der Waals surface area contributed by atoms with Crippen molar-refractivity contribution in [1.29, 1.82) is 0 Å². The van der Waals surface area contributed by atoms with Gasteiger partial charge in [0.05, 0.1) is 5.52 Å². The van der Waals surface area contributed by atoms with Crippen molar-refractivity contribution in [3.8, 4) is 22.8 Å². The second-order valence-corrected chi connectivity index (χ2v) is 6.58. The van der Waals surface area contributed by atoms with E-state index in [0.29, 0.717) is 17.3 Å². The van der Waals surface area contributed by atoms with E-state index in [1.165, 1.54) is 13.1 Å². The number of aromatic nitrogens is 1. The Morgan fingerprint density at radius 2 is 2.11 bits per heavy atom. The number of furan rings is 1. The fraction of sp³-hybridized carbons (Fsp3) is 0.211. The van der Waals surface area contributed by atoms with E-state index in [1.54, 1.807) is 6.07 Å². The molecule has 0 saturated heterocycles. The maximum atomic E-state index is 12.0. The number of carbonyl (C=O) groups excluding carboxylic acids is 2. The van der Waals surface area contributed by atoms with Gasteiger partial charge in [0.15, 0.2) is 5.76 Å². The molecule has 8 heteroatoms. The molecule has 0 spiro atoms. The standard InChI is InChI=1S/C19H17BrN2O5/c1-11(23)26-18-16(25)17(27-19(18)22-15(24)7-4-8-20)13-9-12-5-2-3-6-14(12)21-10-13/h2-3,5-6,9-10,25H,4,7-8H2,1H3,(H,22,24). The van der Waals surface area contributed by atoms with Crippen molar-refractivity contribution in [3.63, 3.8) is 0 Å². The maximum Gasteiger partial charge on any atom is 0.308 e. The minimum atomic E-state index is -0.648. The van der Waals surface area contributed by atoms with E-state index in [1.807, 2.05) is 24.3 Å². The van der Waals surface area contributed by atoms with Gasteiger partial charge in [-0.05, 0) is 18.6 Å². The molecule has 2 aromatic heterocycles. The summed E-state index contributed by atoms with van der Waals surface area (Å²) in [7, 11) is 0. The zero-order valence-electron chi connectivity index (χ0n) is 14.5. The summed E-state index contributed by atoms with van der Waals surface area (Å²) in [6.07, 6.45) is 2.41. The number of benzene rings is 1. The van der Waals surface area contributed by atoms with Crippen molar-refractivity contribution >= 4 is 44.6 Å². The van der Waals surface area contributed by atoms with E-state index in [4.69, 9.17) is 9.15 Å². The Balaban J connectivity index is 2.01. The summed E-state index contributed by atoms with van der Waals surface area (Å²) in [5.41, 5.74) is 1.27. The third-order valence-electron chi connectivity index (χ3n) is 3.73. The molecule has 0 saturated carbocycles. The van der Waals surface area contributed by atoms with Gasteiger partial charge in [0.2, 0.25) is 23.3 Å². The zero-order chi connectivity index (χ0) is 19.4. The Kier molecular flexibility index (Phi) is 5.75. The van der Waals surface area contributed by atoms with Crippen molar-refractivity contribution < 1.29 is 23.8 Å². The van der Waals surface area contributed by atoms with Gasteiger partial charge < -0.3 is 14.3 Å². The number of para-hydroxylation sites is 1. The molecular weight excluding hydrogens is 416 g/mol. The molecule has 7 nitrogen and oxygen atoms in total. The van der Waals surface area contributed by atoms with Crippen LogP contribution in [0, 0.1) is 0 Å². The third kappa shape index (κ3) is 4.28. The average molecular weight is 433 g/mol. The molecule has 0 aliphatic carbocycles. The van der Waals surface area contributed by atoms with Crippen LogP contribution in [0.5, 0.6) is 11.5 Å². The van der Waals surface area contributed by atoms with E-state index in [0.717, 1.165) is 10.9 Å². The number of rotatable bonds is 6. The van der Waals surface area contributed by atoms with E-state index in [2.05, 4.69) is 26.2 Å². The summed E-state index contributed by atoms with van der Waals surface area (Å²) in [6.45, 7) is 1.19. The molecule has 140 valence electrons. The predicted octanol–water partition coefficient (Wildman–Crippen LogP) is 4.24. The molecule has 1 aromatic carbocycles. The zero-order valence-corrected chi connectivity index (χ0v) is 16.1. The van der Waals surface area contributed by atoms with Gasteiger partial charge in [0.25, 0.3) is 0 Å². The molecule has 0 bridgehead atoms.